The van der Waals surface area contributed by atoms with Crippen LogP contribution in [0.4, 0.5) is 0 Å². The predicted octanol–water partition coefficient (Wildman–Crippen LogP) is 1.88. The molecule has 1 fully saturated rings. The van der Waals surface area contributed by atoms with Crippen LogP contribution in [0.3, 0.4) is 0 Å². The Bertz CT molecular complexity index is 382. The lowest BCUT2D eigenvalue weighted by Crippen LogP contribution is -2.27. The van der Waals surface area contributed by atoms with Gasteiger partial charge in [0, 0.05) is 13.0 Å². The van der Waals surface area contributed by atoms with Crippen LogP contribution in [0.25, 0.3) is 0 Å². The summed E-state index contributed by atoms with van der Waals surface area (Å²) in [7, 11) is 0. The molecule has 1 aliphatic carbocycles. The zero-order chi connectivity index (χ0) is 12.8. The van der Waals surface area contributed by atoms with E-state index in [1.165, 1.54) is 32.1 Å². The molecule has 1 aromatic rings. The minimum absolute atomic E-state index is 0.146. The van der Waals surface area contributed by atoms with E-state index in [1.807, 2.05) is 11.5 Å². The van der Waals surface area contributed by atoms with Crippen LogP contribution >= 0.6 is 0 Å². The van der Waals surface area contributed by atoms with Gasteiger partial charge in [0.2, 0.25) is 5.91 Å². The molecule has 18 heavy (non-hydrogen) atoms. The van der Waals surface area contributed by atoms with E-state index in [1.54, 1.807) is 6.33 Å². The van der Waals surface area contributed by atoms with Gasteiger partial charge in [-0.15, -0.1) is 10.2 Å². The number of aryl methyl sites for hydroxylation is 1. The molecule has 5 heteroatoms. The molecule has 1 N–H and O–H groups in total. The Balaban J connectivity index is 1.74. The molecule has 0 saturated heterocycles. The first-order chi connectivity index (χ1) is 8.79. The maximum absolute atomic E-state index is 11.8. The number of aromatic nitrogens is 3. The second kappa shape index (κ2) is 6.52. The number of carbonyl (C=O) groups excluding carboxylic acids is 1. The SMILES string of the molecule is CCn1cnnc1CNC(=O)CC1CCCCC1. The minimum atomic E-state index is 0.146. The molecule has 0 atom stereocenters. The van der Waals surface area contributed by atoms with E-state index in [0.717, 1.165) is 12.4 Å². The molecule has 1 aromatic heterocycles. The van der Waals surface area contributed by atoms with Crippen LogP contribution in [0.2, 0.25) is 0 Å². The van der Waals surface area contributed by atoms with Crippen LogP contribution in [0, 0.1) is 5.92 Å². The van der Waals surface area contributed by atoms with Gasteiger partial charge < -0.3 is 9.88 Å². The smallest absolute Gasteiger partial charge is 0.220 e. The van der Waals surface area contributed by atoms with Crippen molar-refractivity contribution in [2.75, 3.05) is 0 Å². The third kappa shape index (κ3) is 3.55. The lowest BCUT2D eigenvalue weighted by atomic mass is 9.87. The highest BCUT2D eigenvalue weighted by Gasteiger charge is 2.17. The summed E-state index contributed by atoms with van der Waals surface area (Å²) in [5.41, 5.74) is 0. The molecule has 0 unspecified atom stereocenters. The molecule has 100 valence electrons. The Morgan fingerprint density at radius 3 is 2.94 bits per heavy atom. The Morgan fingerprint density at radius 2 is 2.22 bits per heavy atom. The maximum Gasteiger partial charge on any atom is 0.220 e. The van der Waals surface area contributed by atoms with Crippen LogP contribution in [0.15, 0.2) is 6.33 Å². The molecule has 0 radical (unpaired) electrons. The first-order valence-corrected chi connectivity index (χ1v) is 6.93. The summed E-state index contributed by atoms with van der Waals surface area (Å²) < 4.78 is 1.95. The van der Waals surface area contributed by atoms with E-state index in [4.69, 9.17) is 0 Å². The highest BCUT2D eigenvalue weighted by molar-refractivity contribution is 5.76. The van der Waals surface area contributed by atoms with Gasteiger partial charge in [0.1, 0.15) is 6.33 Å². The molecular formula is C13H22N4O. The third-order valence-corrected chi connectivity index (χ3v) is 3.68. The Kier molecular flexibility index (Phi) is 4.73. The molecule has 0 aromatic carbocycles. The summed E-state index contributed by atoms with van der Waals surface area (Å²) in [5, 5.41) is 10.8. The summed E-state index contributed by atoms with van der Waals surface area (Å²) in [5.74, 6) is 1.56. The molecule has 0 aliphatic heterocycles. The molecule has 1 aliphatic rings. The fraction of sp³-hybridized carbons (Fsp3) is 0.769. The van der Waals surface area contributed by atoms with Crippen molar-refractivity contribution in [2.24, 2.45) is 5.92 Å². The van der Waals surface area contributed by atoms with Gasteiger partial charge in [0.25, 0.3) is 0 Å². The Hall–Kier alpha value is -1.39. The molecular weight excluding hydrogens is 228 g/mol. The molecule has 5 nitrogen and oxygen atoms in total. The first kappa shape index (κ1) is 13.1. The number of hydrogen-bond donors (Lipinski definition) is 1. The van der Waals surface area contributed by atoms with Crippen molar-refractivity contribution < 1.29 is 4.79 Å². The fourth-order valence-electron chi connectivity index (χ4n) is 2.58. The van der Waals surface area contributed by atoms with Crippen molar-refractivity contribution in [3.05, 3.63) is 12.2 Å². The van der Waals surface area contributed by atoms with Crippen molar-refractivity contribution in [1.29, 1.82) is 0 Å². The normalized spacial score (nSPS) is 16.7. The van der Waals surface area contributed by atoms with Gasteiger partial charge in [-0.1, -0.05) is 19.3 Å². The topological polar surface area (TPSA) is 59.8 Å². The summed E-state index contributed by atoms with van der Waals surface area (Å²) in [4.78, 5) is 11.8. The van der Waals surface area contributed by atoms with Crippen molar-refractivity contribution in [3.8, 4) is 0 Å². The van der Waals surface area contributed by atoms with Crippen molar-refractivity contribution in [1.82, 2.24) is 20.1 Å². The van der Waals surface area contributed by atoms with E-state index >= 15 is 0 Å². The molecule has 0 spiro atoms. The highest BCUT2D eigenvalue weighted by Crippen LogP contribution is 2.25. The van der Waals surface area contributed by atoms with Gasteiger partial charge in [0.05, 0.1) is 6.54 Å². The average Bonchev–Trinajstić information content (AvgIpc) is 2.85. The number of nitrogens with one attached hydrogen (secondary N) is 1. The van der Waals surface area contributed by atoms with Crippen molar-refractivity contribution in [2.45, 2.75) is 58.5 Å². The number of hydrogen-bond acceptors (Lipinski definition) is 3. The van der Waals surface area contributed by atoms with Crippen LogP contribution < -0.4 is 5.32 Å². The maximum atomic E-state index is 11.8. The highest BCUT2D eigenvalue weighted by atomic mass is 16.1. The monoisotopic (exact) mass is 250 g/mol. The van der Waals surface area contributed by atoms with Crippen LogP contribution in [-0.4, -0.2) is 20.7 Å². The Labute approximate surface area is 108 Å². The number of rotatable bonds is 5. The number of amides is 1. The Morgan fingerprint density at radius 1 is 1.44 bits per heavy atom. The molecule has 1 saturated carbocycles. The van der Waals surface area contributed by atoms with Crippen LogP contribution in [0.1, 0.15) is 51.3 Å². The van der Waals surface area contributed by atoms with Crippen LogP contribution in [-0.2, 0) is 17.9 Å². The van der Waals surface area contributed by atoms with Gasteiger partial charge in [0.15, 0.2) is 5.82 Å². The lowest BCUT2D eigenvalue weighted by molar-refractivity contribution is -0.122. The minimum Gasteiger partial charge on any atom is -0.349 e. The number of carbonyl (C=O) groups is 1. The van der Waals surface area contributed by atoms with E-state index < -0.39 is 0 Å². The summed E-state index contributed by atoms with van der Waals surface area (Å²) in [6.07, 6.45) is 8.67. The zero-order valence-electron chi connectivity index (χ0n) is 11.1. The second-order valence-corrected chi connectivity index (χ2v) is 5.02. The lowest BCUT2D eigenvalue weighted by Gasteiger charge is -2.20. The third-order valence-electron chi connectivity index (χ3n) is 3.68. The summed E-state index contributed by atoms with van der Waals surface area (Å²) >= 11 is 0. The van der Waals surface area contributed by atoms with E-state index in [9.17, 15) is 4.79 Å². The fourth-order valence-corrected chi connectivity index (χ4v) is 2.58. The quantitative estimate of drug-likeness (QED) is 0.868. The van der Waals surface area contributed by atoms with Gasteiger partial charge in [-0.3, -0.25) is 4.79 Å². The van der Waals surface area contributed by atoms with E-state index in [2.05, 4.69) is 15.5 Å². The van der Waals surface area contributed by atoms with Crippen molar-refractivity contribution in [3.63, 3.8) is 0 Å². The molecule has 1 heterocycles. The summed E-state index contributed by atoms with van der Waals surface area (Å²) in [6.45, 7) is 3.36. The largest absolute Gasteiger partial charge is 0.349 e. The van der Waals surface area contributed by atoms with E-state index in [-0.39, 0.29) is 5.91 Å². The standard InChI is InChI=1S/C13H22N4O/c1-2-17-10-15-16-12(17)9-14-13(18)8-11-6-4-3-5-7-11/h10-11H,2-9H2,1H3,(H,14,18). The van der Waals surface area contributed by atoms with Gasteiger partial charge in [-0.2, -0.15) is 0 Å². The average molecular weight is 250 g/mol. The van der Waals surface area contributed by atoms with Gasteiger partial charge >= 0.3 is 0 Å². The van der Waals surface area contributed by atoms with Crippen molar-refractivity contribution >= 4 is 5.91 Å². The van der Waals surface area contributed by atoms with Crippen LogP contribution in [0.5, 0.6) is 0 Å². The van der Waals surface area contributed by atoms with Gasteiger partial charge in [-0.05, 0) is 25.7 Å². The van der Waals surface area contributed by atoms with Gasteiger partial charge in [-0.25, -0.2) is 0 Å². The summed E-state index contributed by atoms with van der Waals surface area (Å²) in [6, 6.07) is 0. The molecule has 1 amide bonds. The van der Waals surface area contributed by atoms with E-state index in [0.29, 0.717) is 18.9 Å². The molecule has 0 bridgehead atoms. The number of nitrogens with zero attached hydrogens (tertiary/aromatic N) is 3. The molecule has 2 rings (SSSR count). The predicted molar refractivity (Wildman–Crippen MR) is 68.7 cm³/mol. The zero-order valence-corrected chi connectivity index (χ0v) is 11.1. The second-order valence-electron chi connectivity index (χ2n) is 5.02. The first-order valence-electron chi connectivity index (χ1n) is 6.93.